The lowest BCUT2D eigenvalue weighted by molar-refractivity contribution is 0.669. The van der Waals surface area contributed by atoms with Crippen LogP contribution in [0.2, 0.25) is 0 Å². The van der Waals surface area contributed by atoms with Gasteiger partial charge in [0.05, 0.1) is 22.6 Å². The van der Waals surface area contributed by atoms with Crippen molar-refractivity contribution in [3.05, 3.63) is 199 Å². The Morgan fingerprint density at radius 3 is 2.00 bits per heavy atom. The van der Waals surface area contributed by atoms with E-state index in [2.05, 4.69) is 202 Å². The molecule has 0 fully saturated rings. The van der Waals surface area contributed by atoms with Gasteiger partial charge in [0.2, 0.25) is 0 Å². The lowest BCUT2D eigenvalue weighted by atomic mass is 9.91. The number of allylic oxidation sites excluding steroid dienone is 3. The molecular formula is C54H37N3O. The zero-order valence-corrected chi connectivity index (χ0v) is 31.7. The van der Waals surface area contributed by atoms with E-state index in [1.165, 1.54) is 72.2 Å². The van der Waals surface area contributed by atoms with E-state index in [4.69, 9.17) is 4.42 Å². The molecule has 0 amide bonds. The fourth-order valence-electron chi connectivity index (χ4n) is 10.4. The topological polar surface area (TPSA) is 26.2 Å². The standard InChI is InChI=1S/C54H37N3O/c1-7-19-47-39(13-1)40-14-2-8-20-48(40)55(47)36-26-28-54-46(33-36)45-31-34(25-27-53(45)58-54)35-29-37(56-49-21-9-3-15-41(49)42-16-4-10-22-50(42)56)32-38(30-35)57-51-23-11-5-17-43(51)44-18-6-12-24-52(44)57/h1-11,13-23,25-33,41,49H,12,24H2/t41-,49?/m1/s1. The van der Waals surface area contributed by atoms with Crippen LogP contribution < -0.4 is 4.90 Å². The second-order valence-corrected chi connectivity index (χ2v) is 16.0. The van der Waals surface area contributed by atoms with Gasteiger partial charge < -0.3 is 18.5 Å². The van der Waals surface area contributed by atoms with Gasteiger partial charge in [-0.1, -0.05) is 115 Å². The quantitative estimate of drug-likeness (QED) is 0.179. The van der Waals surface area contributed by atoms with Crippen LogP contribution >= 0.6 is 0 Å². The van der Waals surface area contributed by atoms with E-state index in [1.807, 2.05) is 0 Å². The molecule has 3 aromatic heterocycles. The van der Waals surface area contributed by atoms with Crippen LogP contribution in [0, 0.1) is 0 Å². The van der Waals surface area contributed by atoms with Crippen molar-refractivity contribution in [1.82, 2.24) is 9.13 Å². The third-order valence-electron chi connectivity index (χ3n) is 12.9. The van der Waals surface area contributed by atoms with Gasteiger partial charge in [-0.15, -0.1) is 0 Å². The molecule has 10 aromatic rings. The SMILES string of the molecule is C1=CC2[C@H](C=C1)c1ccccc1N2c1cc(-c2ccc3oc4ccc(-n5c6ccccc6c6ccccc65)cc4c3c2)cc(-n2c3c(c4ccccc42)C=CCC3)c1. The van der Waals surface area contributed by atoms with Gasteiger partial charge in [0.25, 0.3) is 0 Å². The Kier molecular flexibility index (Phi) is 6.65. The number of hydrogen-bond acceptors (Lipinski definition) is 2. The summed E-state index contributed by atoms with van der Waals surface area (Å²) in [5.74, 6) is 0.302. The number of fused-ring (bicyclic) bond motifs is 12. The van der Waals surface area contributed by atoms with Gasteiger partial charge in [0.15, 0.2) is 0 Å². The van der Waals surface area contributed by atoms with Crippen LogP contribution in [0.4, 0.5) is 11.4 Å². The maximum absolute atomic E-state index is 6.54. The number of nitrogens with zero attached hydrogens (tertiary/aromatic N) is 3. The van der Waals surface area contributed by atoms with Gasteiger partial charge in [-0.2, -0.15) is 0 Å². The smallest absolute Gasteiger partial charge is 0.135 e. The highest BCUT2D eigenvalue weighted by atomic mass is 16.3. The van der Waals surface area contributed by atoms with Crippen molar-refractivity contribution in [2.24, 2.45) is 0 Å². The molecule has 1 aliphatic heterocycles. The van der Waals surface area contributed by atoms with E-state index in [0.29, 0.717) is 5.92 Å². The molecule has 2 aliphatic carbocycles. The highest BCUT2D eigenvalue weighted by Gasteiger charge is 2.37. The number of anilines is 2. The molecule has 0 radical (unpaired) electrons. The van der Waals surface area contributed by atoms with Gasteiger partial charge in [0.1, 0.15) is 11.2 Å². The van der Waals surface area contributed by atoms with E-state index >= 15 is 0 Å². The molecule has 4 nitrogen and oxygen atoms in total. The van der Waals surface area contributed by atoms with Gasteiger partial charge in [-0.05, 0) is 102 Å². The van der Waals surface area contributed by atoms with E-state index in [1.54, 1.807) is 0 Å². The van der Waals surface area contributed by atoms with Gasteiger partial charge >= 0.3 is 0 Å². The molecule has 13 rings (SSSR count). The molecule has 0 saturated heterocycles. The summed E-state index contributed by atoms with van der Waals surface area (Å²) in [7, 11) is 0. The third-order valence-corrected chi connectivity index (χ3v) is 12.9. The Labute approximate surface area is 335 Å². The van der Waals surface area contributed by atoms with Crippen molar-refractivity contribution in [2.75, 3.05) is 4.90 Å². The van der Waals surface area contributed by atoms with Crippen molar-refractivity contribution < 1.29 is 4.42 Å². The van der Waals surface area contributed by atoms with Gasteiger partial charge in [-0.25, -0.2) is 0 Å². The molecule has 1 unspecified atom stereocenters. The van der Waals surface area contributed by atoms with Crippen molar-refractivity contribution in [2.45, 2.75) is 24.8 Å². The van der Waals surface area contributed by atoms with E-state index in [9.17, 15) is 0 Å². The fraction of sp³-hybridized carbons (Fsp3) is 0.0741. The lowest BCUT2D eigenvalue weighted by Gasteiger charge is -2.30. The van der Waals surface area contributed by atoms with Crippen molar-refractivity contribution in [3.63, 3.8) is 0 Å². The first-order valence-electron chi connectivity index (χ1n) is 20.4. The van der Waals surface area contributed by atoms with Crippen LogP contribution in [0.25, 0.3) is 83.2 Å². The molecule has 274 valence electrons. The summed E-state index contributed by atoms with van der Waals surface area (Å²) in [5.41, 5.74) is 16.6. The first kappa shape index (κ1) is 31.9. The molecule has 4 heteroatoms. The zero-order chi connectivity index (χ0) is 37.9. The summed E-state index contributed by atoms with van der Waals surface area (Å²) in [6, 6.07) is 56.0. The largest absolute Gasteiger partial charge is 0.456 e. The fourth-order valence-corrected chi connectivity index (χ4v) is 10.4. The molecule has 4 heterocycles. The molecule has 7 aromatic carbocycles. The van der Waals surface area contributed by atoms with Crippen LogP contribution in [0.3, 0.4) is 0 Å². The molecule has 0 spiro atoms. The van der Waals surface area contributed by atoms with Crippen molar-refractivity contribution in [3.8, 4) is 22.5 Å². The third kappa shape index (κ3) is 4.51. The number of rotatable bonds is 4. The molecule has 58 heavy (non-hydrogen) atoms. The molecule has 0 bridgehead atoms. The summed E-state index contributed by atoms with van der Waals surface area (Å²) >= 11 is 0. The van der Waals surface area contributed by atoms with Crippen LogP contribution in [-0.2, 0) is 6.42 Å². The normalized spacial score (nSPS) is 16.9. The summed E-state index contributed by atoms with van der Waals surface area (Å²) in [6.07, 6.45) is 15.8. The van der Waals surface area contributed by atoms with Crippen LogP contribution in [0.15, 0.2) is 186 Å². The minimum absolute atomic E-state index is 0.198. The van der Waals surface area contributed by atoms with Crippen molar-refractivity contribution in [1.29, 1.82) is 0 Å². The summed E-state index contributed by atoms with van der Waals surface area (Å²) in [6.45, 7) is 0. The molecule has 2 atom stereocenters. The van der Waals surface area contributed by atoms with Gasteiger partial charge in [0, 0.05) is 66.9 Å². The monoisotopic (exact) mass is 743 g/mol. The van der Waals surface area contributed by atoms with Crippen LogP contribution in [0.5, 0.6) is 0 Å². The average molecular weight is 744 g/mol. The maximum Gasteiger partial charge on any atom is 0.135 e. The first-order valence-corrected chi connectivity index (χ1v) is 20.4. The zero-order valence-electron chi connectivity index (χ0n) is 31.7. The molecule has 3 aliphatic rings. The minimum atomic E-state index is 0.198. The van der Waals surface area contributed by atoms with E-state index < -0.39 is 0 Å². The Morgan fingerprint density at radius 2 is 1.17 bits per heavy atom. The second kappa shape index (κ2) is 12.1. The summed E-state index contributed by atoms with van der Waals surface area (Å²) in [5, 5.41) is 6.04. The molecule has 0 N–H and O–H groups in total. The highest BCUT2D eigenvalue weighted by Crippen LogP contribution is 2.49. The summed E-state index contributed by atoms with van der Waals surface area (Å²) in [4.78, 5) is 2.56. The Morgan fingerprint density at radius 1 is 0.500 bits per heavy atom. The Hall–Kier alpha value is -7.30. The first-order chi connectivity index (χ1) is 28.8. The minimum Gasteiger partial charge on any atom is -0.456 e. The Bertz CT molecular complexity index is 3390. The number of aromatic nitrogens is 2. The van der Waals surface area contributed by atoms with Crippen molar-refractivity contribution >= 4 is 72.1 Å². The maximum atomic E-state index is 6.54. The second-order valence-electron chi connectivity index (χ2n) is 16.0. The number of para-hydroxylation sites is 4. The number of benzene rings is 7. The Balaban J connectivity index is 1.04. The summed E-state index contributed by atoms with van der Waals surface area (Å²) < 4.78 is 11.5. The van der Waals surface area contributed by atoms with Crippen LogP contribution in [-0.4, -0.2) is 15.2 Å². The molecule has 0 saturated carbocycles. The predicted molar refractivity (Wildman–Crippen MR) is 241 cm³/mol. The predicted octanol–water partition coefficient (Wildman–Crippen LogP) is 14.0. The van der Waals surface area contributed by atoms with Gasteiger partial charge in [-0.3, -0.25) is 0 Å². The van der Waals surface area contributed by atoms with E-state index in [-0.39, 0.29) is 6.04 Å². The lowest BCUT2D eigenvalue weighted by Crippen LogP contribution is -2.28. The van der Waals surface area contributed by atoms with Crippen LogP contribution in [0.1, 0.15) is 29.2 Å². The van der Waals surface area contributed by atoms with E-state index in [0.717, 1.165) is 46.0 Å². The number of furan rings is 1. The molecular weight excluding hydrogens is 707 g/mol. The average Bonchev–Trinajstić information content (AvgIpc) is 4.02. The number of hydrogen-bond donors (Lipinski definition) is 0. The highest BCUT2D eigenvalue weighted by molar-refractivity contribution is 6.11.